The van der Waals surface area contributed by atoms with Crippen LogP contribution in [-0.2, 0) is 31.9 Å². The number of carbonyl (C=O) groups is 7. The Bertz CT molecular complexity index is 6420. The summed E-state index contributed by atoms with van der Waals surface area (Å²) in [6, 6.07) is 30.3. The molecule has 13 rings (SSSR count). The summed E-state index contributed by atoms with van der Waals surface area (Å²) in [5.74, 6) is 14.4. The predicted molar refractivity (Wildman–Crippen MR) is 522 cm³/mol. The monoisotopic (exact) mass is 1980 g/mol. The van der Waals surface area contributed by atoms with E-state index in [1.165, 1.54) is 108 Å². The van der Waals surface area contributed by atoms with Crippen molar-refractivity contribution >= 4 is 147 Å². The standard InChI is InChI=1S/C23H23N5O3.C20H18N4O3.C14H14N2O2.C9H10BrN3.C6H5ClN2O.C6H8N2O2.C6H6N2O2.C5H13N.3CH4.Cl3OP/c1-23(2,3)31-22(30)28-19-9-7-16(14-17(19)15-25-28)6-8-18-10-12-24-21(26-18)20(29)11-13-27(4)5;1-13(25)18-21-10-9-16(23-18)7-5-14-6-8-17-15(11-14)12-22-24(17)19(26)27-20(2,3)4;1-5-10-6-7-12-11(8-10)9-15-16(12)13(17)18-14(2,3)4;10-8-2-1-6-4-13(9(11)12)5-7(6)3-8;1-4(10)6-8-3-2-5(7)9-6;2*1-4(9)6-7-3-2-5(10)8-6;1-5(2)6(3)4;;;;1-5(2,3)4/h7,9-15H,1-5H3;6,8-12H,1-4H3;1,6-9H,2-4H3;1-3H,4-5H2,(H3,11,12);2-3H,1H3;2-4,9H,1H3,(H,7,8,10);2-3H,1H3,(H,7,8,10);5H,1-4H3;3*1H4;/b13-11+;;;;;;;;;;;. The number of terminal acetylenes is 1. The van der Waals surface area contributed by atoms with Gasteiger partial charge in [0.05, 0.1) is 35.1 Å². The molecule has 6 N–H and O–H groups in total. The van der Waals surface area contributed by atoms with Gasteiger partial charge in [0.2, 0.25) is 11.6 Å². The molecule has 0 spiro atoms. The van der Waals surface area contributed by atoms with E-state index in [2.05, 4.69) is 189 Å². The fourth-order valence-electron chi connectivity index (χ4n) is 9.59. The Morgan fingerprint density at radius 1 is 0.556 bits per heavy atom. The third-order valence-corrected chi connectivity index (χ3v) is 16.6. The lowest BCUT2D eigenvalue weighted by molar-refractivity contribution is 0.0511. The molecule has 1 aliphatic rings. The van der Waals surface area contributed by atoms with Gasteiger partial charge in [-0.1, -0.05) is 73.6 Å². The average molecular weight is 1990 g/mol. The highest BCUT2D eigenvalue weighted by Gasteiger charge is 2.25. The van der Waals surface area contributed by atoms with Crippen molar-refractivity contribution in [3.05, 3.63) is 264 Å². The zero-order chi connectivity index (χ0) is 97.3. The summed E-state index contributed by atoms with van der Waals surface area (Å²) in [7, 11) is 7.79. The minimum atomic E-state index is -3.22. The molecular weight excluding hydrogens is 1880 g/mol. The number of hydrogen-bond acceptors (Lipinski definition) is 28. The maximum absolute atomic E-state index is 12.3. The molecule has 4 aromatic carbocycles. The highest BCUT2D eigenvalue weighted by atomic mass is 79.9. The maximum Gasteiger partial charge on any atom is 0.435 e. The zero-order valence-electron chi connectivity index (χ0n) is 74.5. The van der Waals surface area contributed by atoms with Gasteiger partial charge < -0.3 is 49.7 Å². The number of aliphatic hydroxyl groups is 1. The van der Waals surface area contributed by atoms with Crippen LogP contribution in [0.25, 0.3) is 32.7 Å². The molecule has 8 aromatic heterocycles. The van der Waals surface area contributed by atoms with Crippen molar-refractivity contribution in [1.29, 1.82) is 5.41 Å². The van der Waals surface area contributed by atoms with Gasteiger partial charge in [0.15, 0.2) is 40.8 Å². The van der Waals surface area contributed by atoms with Crippen LogP contribution < -0.4 is 16.9 Å². The summed E-state index contributed by atoms with van der Waals surface area (Å²) >= 11 is 22.8. The van der Waals surface area contributed by atoms with Gasteiger partial charge in [0.1, 0.15) is 45.3 Å². The van der Waals surface area contributed by atoms with Crippen LogP contribution >= 0.6 is 66.5 Å². The van der Waals surface area contributed by atoms with Crippen LogP contribution in [0, 0.1) is 41.4 Å². The summed E-state index contributed by atoms with van der Waals surface area (Å²) in [6.45, 7) is 27.8. The molecule has 0 saturated carbocycles. The molecule has 35 nitrogen and oxygen atoms in total. The first-order valence-electron chi connectivity index (χ1n) is 38.9. The van der Waals surface area contributed by atoms with Crippen LogP contribution in [0.3, 0.4) is 0 Å². The van der Waals surface area contributed by atoms with Gasteiger partial charge in [0, 0.05) is 147 Å². The molecule has 1 unspecified atom stereocenters. The van der Waals surface area contributed by atoms with E-state index in [4.69, 9.17) is 48.5 Å². The summed E-state index contributed by atoms with van der Waals surface area (Å²) in [5.41, 5.74) is 10.7. The van der Waals surface area contributed by atoms with Crippen molar-refractivity contribution in [2.24, 2.45) is 5.73 Å². The van der Waals surface area contributed by atoms with E-state index in [0.29, 0.717) is 45.0 Å². The van der Waals surface area contributed by atoms with E-state index in [9.17, 15) is 47.7 Å². The quantitative estimate of drug-likeness (QED) is 0.0138. The van der Waals surface area contributed by atoms with Crippen LogP contribution in [0.15, 0.2) is 179 Å². The molecule has 41 heteroatoms. The first-order valence-corrected chi connectivity index (χ1v) is 44.5. The molecule has 9 heterocycles. The number of benzene rings is 4. The van der Waals surface area contributed by atoms with E-state index in [1.54, 1.807) is 120 Å². The van der Waals surface area contributed by atoms with Crippen LogP contribution in [-0.4, -0.2) is 197 Å². The number of fused-ring (bicyclic) bond motifs is 4. The minimum absolute atomic E-state index is 0. The van der Waals surface area contributed by atoms with Gasteiger partial charge in [-0.15, -0.1) is 6.42 Å². The van der Waals surface area contributed by atoms with Crippen molar-refractivity contribution in [1.82, 2.24) is 93.9 Å². The lowest BCUT2D eigenvalue weighted by Crippen LogP contribution is -2.31. The molecule has 0 radical (unpaired) electrons. The highest BCUT2D eigenvalue weighted by Crippen LogP contribution is 2.61. The van der Waals surface area contributed by atoms with Crippen LogP contribution in [0.1, 0.15) is 220 Å². The van der Waals surface area contributed by atoms with Crippen molar-refractivity contribution in [2.75, 3.05) is 28.2 Å². The molecule has 0 amide bonds. The third-order valence-electron chi connectivity index (χ3n) is 15.9. The number of H-pyrrole nitrogens is 2. The van der Waals surface area contributed by atoms with E-state index in [-0.39, 0.29) is 85.8 Å². The number of rotatable bonds is 8. The molecule has 12 aromatic rings. The normalized spacial score (nSPS) is 11.1. The Morgan fingerprint density at radius 3 is 1.29 bits per heavy atom. The Balaban J connectivity index is 0.000000533. The Kier molecular flexibility index (Phi) is 46.9. The minimum Gasteiger partial charge on any atom is -0.442 e. The van der Waals surface area contributed by atoms with Gasteiger partial charge in [-0.05, 0) is 239 Å². The van der Waals surface area contributed by atoms with Gasteiger partial charge in [-0.3, -0.25) is 38.7 Å². The molecule has 706 valence electrons. The van der Waals surface area contributed by atoms with Gasteiger partial charge in [-0.25, -0.2) is 54.3 Å². The molecule has 1 atom stereocenters. The second-order valence-electron chi connectivity index (χ2n) is 31.0. The van der Waals surface area contributed by atoms with Crippen LogP contribution in [0.2, 0.25) is 5.15 Å². The summed E-state index contributed by atoms with van der Waals surface area (Å²) < 4.78 is 30.3. The zero-order valence-corrected chi connectivity index (χ0v) is 80.0. The molecule has 0 fully saturated rings. The molecular formula is C92H109BrCl4N21O14P. The second-order valence-corrected chi connectivity index (χ2v) is 39.0. The summed E-state index contributed by atoms with van der Waals surface area (Å²) in [4.78, 5) is 144. The second kappa shape index (κ2) is 53.8. The van der Waals surface area contributed by atoms with Gasteiger partial charge >= 0.3 is 23.5 Å². The number of nitrogens with one attached hydrogen (secondary N) is 3. The van der Waals surface area contributed by atoms with E-state index in [1.807, 2.05) is 64.0 Å². The fourth-order valence-corrected chi connectivity index (χ4v) is 10.1. The Hall–Kier alpha value is -13.3. The number of hydrogen-bond donors (Lipinski definition) is 5. The van der Waals surface area contributed by atoms with Crippen molar-refractivity contribution < 1.29 is 57.4 Å². The topological polar surface area (TPSA) is 466 Å². The highest BCUT2D eigenvalue weighted by molar-refractivity contribution is 9.10. The fraction of sp³-hybridized carbons (Fsp3) is 0.315. The number of carbonyl (C=O) groups excluding carboxylic acids is 7. The van der Waals surface area contributed by atoms with Crippen LogP contribution in [0.5, 0.6) is 0 Å². The smallest absolute Gasteiger partial charge is 0.435 e. The summed E-state index contributed by atoms with van der Waals surface area (Å²) in [6.07, 6.45) is 18.0. The number of aliphatic hydroxyl groups excluding tert-OH is 1. The number of guanidine groups is 1. The first kappa shape index (κ1) is 116. The average Bonchev–Trinajstić information content (AvgIpc) is 1.67. The molecule has 0 saturated heterocycles. The Labute approximate surface area is 799 Å². The van der Waals surface area contributed by atoms with Gasteiger partial charge in [-0.2, -0.15) is 29.3 Å². The third kappa shape index (κ3) is 42.2. The molecule has 133 heavy (non-hydrogen) atoms. The first-order chi connectivity index (χ1) is 60.7. The van der Waals surface area contributed by atoms with Crippen molar-refractivity contribution in [3.63, 3.8) is 0 Å². The number of allylic oxidation sites excluding steroid dienone is 1. The lowest BCUT2D eigenvalue weighted by atomic mass is 10.1. The van der Waals surface area contributed by atoms with E-state index in [0.717, 1.165) is 50.4 Å². The number of nitrogens with zero attached hydrogens (tertiary/aromatic N) is 17. The Morgan fingerprint density at radius 2 is 0.940 bits per heavy atom. The number of halogens is 5. The summed E-state index contributed by atoms with van der Waals surface area (Å²) in [5, 5.41) is 27.9. The molecule has 0 aliphatic carbocycles. The maximum atomic E-state index is 12.3. The van der Waals surface area contributed by atoms with Crippen LogP contribution in [0.4, 0.5) is 14.4 Å². The number of aromatic nitrogens is 16. The number of Topliss-reactive ketones (excluding diaryl/α,β-unsaturated/α-hetero) is 3. The molecule has 1 aliphatic heterocycles. The predicted octanol–water partition coefficient (Wildman–Crippen LogP) is 17.7. The van der Waals surface area contributed by atoms with Crippen molar-refractivity contribution in [3.8, 4) is 36.0 Å². The SMILES string of the molecule is C.C.C.C#Cc1ccc2c(cnn2C(=O)OC(C)(C)C)c1.CC(=O)c1nccc(=O)[nH]1.CC(=O)c1nccc(C#Cc2ccc3c(cnn3C(=O)OC(C)(C)C)c2)n1.CC(=O)c1nccc(Cl)n1.CC(C)N(C)C.CC(O)c1nccc(=O)[nH]1.CN(C)/C=C/C(=O)c1nccc(C#Cc2ccc3c(cnn3C(=O)OC(C)(C)C)c2)n1.N=C(N)N1Cc2ccc(Br)cc2C1.O=P(Cl)(Cl)Cl. The number of ketones is 4. The largest absolute Gasteiger partial charge is 0.442 e. The van der Waals surface area contributed by atoms with E-state index < -0.39 is 46.4 Å². The van der Waals surface area contributed by atoms with Gasteiger partial charge in [0.25, 0.3) is 11.1 Å². The van der Waals surface area contributed by atoms with Crippen molar-refractivity contribution in [2.45, 2.75) is 168 Å². The number of aromatic amines is 2. The number of nitrogens with two attached hydrogens (primary N) is 1. The number of ether oxygens (including phenoxy) is 3. The molecule has 0 bridgehead atoms. The van der Waals surface area contributed by atoms with E-state index >= 15 is 0 Å². The lowest BCUT2D eigenvalue weighted by Gasteiger charge is -2.19.